The molecule has 1 aliphatic heterocycles. The normalized spacial score (nSPS) is 18.3. The number of nitrogen functional groups attached to an aromatic ring is 1. The van der Waals surface area contributed by atoms with Crippen molar-refractivity contribution < 1.29 is 13.2 Å². The van der Waals surface area contributed by atoms with E-state index < -0.39 is 11.7 Å². The molecule has 0 unspecified atom stereocenters. The Labute approximate surface area is 111 Å². The van der Waals surface area contributed by atoms with Crippen molar-refractivity contribution in [3.05, 3.63) is 29.3 Å². The van der Waals surface area contributed by atoms with Crippen molar-refractivity contribution >= 4 is 5.69 Å². The second-order valence-corrected chi connectivity index (χ2v) is 5.10. The molecule has 0 bridgehead atoms. The zero-order valence-corrected chi connectivity index (χ0v) is 10.8. The van der Waals surface area contributed by atoms with Gasteiger partial charge in [0.15, 0.2) is 0 Å². The van der Waals surface area contributed by atoms with Crippen molar-refractivity contribution in [1.82, 2.24) is 4.90 Å². The molecule has 2 N–H and O–H groups in total. The Morgan fingerprint density at radius 2 is 1.68 bits per heavy atom. The van der Waals surface area contributed by atoms with E-state index in [1.165, 1.54) is 18.9 Å². The number of alkyl halides is 3. The van der Waals surface area contributed by atoms with Crippen LogP contribution in [-0.4, -0.2) is 18.0 Å². The molecule has 1 fully saturated rings. The van der Waals surface area contributed by atoms with Gasteiger partial charge in [-0.1, -0.05) is 18.9 Å². The zero-order valence-electron chi connectivity index (χ0n) is 10.8. The van der Waals surface area contributed by atoms with Crippen LogP contribution in [0.2, 0.25) is 0 Å². The topological polar surface area (TPSA) is 29.3 Å². The molecule has 0 atom stereocenters. The van der Waals surface area contributed by atoms with Gasteiger partial charge in [0.1, 0.15) is 0 Å². The maximum absolute atomic E-state index is 12.5. The molecule has 2 nitrogen and oxygen atoms in total. The van der Waals surface area contributed by atoms with E-state index in [-0.39, 0.29) is 5.69 Å². The third-order valence-corrected chi connectivity index (χ3v) is 3.57. The van der Waals surface area contributed by atoms with Crippen LogP contribution in [0.3, 0.4) is 0 Å². The van der Waals surface area contributed by atoms with Crippen LogP contribution in [0.1, 0.15) is 36.8 Å². The van der Waals surface area contributed by atoms with Gasteiger partial charge in [0.2, 0.25) is 0 Å². The van der Waals surface area contributed by atoms with Crippen LogP contribution in [0.25, 0.3) is 0 Å². The highest BCUT2D eigenvalue weighted by Gasteiger charge is 2.30. The van der Waals surface area contributed by atoms with Gasteiger partial charge < -0.3 is 5.73 Å². The Morgan fingerprint density at radius 1 is 1.05 bits per heavy atom. The molecule has 5 heteroatoms. The average Bonchev–Trinajstić information content (AvgIpc) is 2.59. The van der Waals surface area contributed by atoms with E-state index in [2.05, 4.69) is 4.90 Å². The molecule has 1 saturated heterocycles. The highest BCUT2D eigenvalue weighted by atomic mass is 19.4. The second-order valence-electron chi connectivity index (χ2n) is 5.10. The molecule has 0 spiro atoms. The molecule has 0 aliphatic carbocycles. The molecule has 1 aromatic rings. The molecule has 19 heavy (non-hydrogen) atoms. The van der Waals surface area contributed by atoms with E-state index in [9.17, 15) is 13.2 Å². The summed E-state index contributed by atoms with van der Waals surface area (Å²) in [7, 11) is 0. The Balaban J connectivity index is 2.08. The largest absolute Gasteiger partial charge is 0.416 e. The number of rotatable bonds is 2. The summed E-state index contributed by atoms with van der Waals surface area (Å²) in [5, 5.41) is 0. The van der Waals surface area contributed by atoms with Gasteiger partial charge in [0.05, 0.1) is 5.56 Å². The Kier molecular flexibility index (Phi) is 4.34. The summed E-state index contributed by atoms with van der Waals surface area (Å²) >= 11 is 0. The van der Waals surface area contributed by atoms with Crippen LogP contribution in [0.15, 0.2) is 18.2 Å². The fourth-order valence-corrected chi connectivity index (χ4v) is 2.45. The molecule has 0 saturated carbocycles. The smallest absolute Gasteiger partial charge is 0.398 e. The Morgan fingerprint density at radius 3 is 2.21 bits per heavy atom. The lowest BCUT2D eigenvalue weighted by Crippen LogP contribution is -2.24. The SMILES string of the molecule is Nc1cc(C(F)(F)F)ccc1CN1CCCCCC1. The molecular weight excluding hydrogens is 253 g/mol. The molecule has 1 heterocycles. The van der Waals surface area contributed by atoms with Crippen molar-refractivity contribution in [1.29, 1.82) is 0 Å². The fourth-order valence-electron chi connectivity index (χ4n) is 2.45. The molecule has 1 aromatic carbocycles. The lowest BCUT2D eigenvalue weighted by atomic mass is 10.1. The molecular formula is C14H19F3N2. The third kappa shape index (κ3) is 3.86. The molecule has 0 amide bonds. The lowest BCUT2D eigenvalue weighted by Gasteiger charge is -2.21. The van der Waals surface area contributed by atoms with Crippen molar-refractivity contribution in [3.63, 3.8) is 0 Å². The molecule has 0 radical (unpaired) electrons. The predicted molar refractivity (Wildman–Crippen MR) is 69.6 cm³/mol. The molecule has 2 rings (SSSR count). The standard InChI is InChI=1S/C14H19F3N2/c15-14(16,17)12-6-5-11(13(18)9-12)10-19-7-3-1-2-4-8-19/h5-6,9H,1-4,7-8,10,18H2. The van der Waals surface area contributed by atoms with E-state index >= 15 is 0 Å². The number of halogens is 3. The van der Waals surface area contributed by atoms with Crippen LogP contribution >= 0.6 is 0 Å². The summed E-state index contributed by atoms with van der Waals surface area (Å²) in [6.07, 6.45) is 0.453. The lowest BCUT2D eigenvalue weighted by molar-refractivity contribution is -0.137. The maximum atomic E-state index is 12.5. The van der Waals surface area contributed by atoms with E-state index in [4.69, 9.17) is 5.73 Å². The quantitative estimate of drug-likeness (QED) is 0.832. The third-order valence-electron chi connectivity index (χ3n) is 3.57. The fraction of sp³-hybridized carbons (Fsp3) is 0.571. The first kappa shape index (κ1) is 14.2. The van der Waals surface area contributed by atoms with Gasteiger partial charge in [0, 0.05) is 12.2 Å². The van der Waals surface area contributed by atoms with Crippen molar-refractivity contribution in [2.45, 2.75) is 38.4 Å². The predicted octanol–water partition coefficient (Wildman–Crippen LogP) is 3.66. The van der Waals surface area contributed by atoms with Gasteiger partial charge in [-0.25, -0.2) is 0 Å². The van der Waals surface area contributed by atoms with Crippen LogP contribution < -0.4 is 5.73 Å². The Hall–Kier alpha value is -1.23. The number of nitrogens with two attached hydrogens (primary N) is 1. The van der Waals surface area contributed by atoms with Crippen molar-refractivity contribution in [2.24, 2.45) is 0 Å². The van der Waals surface area contributed by atoms with Crippen LogP contribution in [0.4, 0.5) is 18.9 Å². The first-order valence-electron chi connectivity index (χ1n) is 6.65. The highest BCUT2D eigenvalue weighted by Crippen LogP contribution is 2.31. The molecule has 0 aromatic heterocycles. The van der Waals surface area contributed by atoms with E-state index in [1.54, 1.807) is 0 Å². The van der Waals surface area contributed by atoms with E-state index in [0.29, 0.717) is 6.54 Å². The number of likely N-dealkylation sites (tertiary alicyclic amines) is 1. The molecule has 1 aliphatic rings. The van der Waals surface area contributed by atoms with Crippen LogP contribution in [-0.2, 0) is 12.7 Å². The number of benzene rings is 1. The van der Waals surface area contributed by atoms with E-state index in [1.807, 2.05) is 0 Å². The summed E-state index contributed by atoms with van der Waals surface area (Å²) < 4.78 is 37.6. The minimum atomic E-state index is -4.32. The van der Waals surface area contributed by atoms with Gasteiger partial charge >= 0.3 is 6.18 Å². The minimum Gasteiger partial charge on any atom is -0.398 e. The number of anilines is 1. The Bertz CT molecular complexity index is 421. The minimum absolute atomic E-state index is 0.235. The number of hydrogen-bond acceptors (Lipinski definition) is 2. The highest BCUT2D eigenvalue weighted by molar-refractivity contribution is 5.49. The van der Waals surface area contributed by atoms with Gasteiger partial charge in [-0.05, 0) is 43.6 Å². The van der Waals surface area contributed by atoms with Crippen LogP contribution in [0.5, 0.6) is 0 Å². The summed E-state index contributed by atoms with van der Waals surface area (Å²) in [6, 6.07) is 3.65. The van der Waals surface area contributed by atoms with Crippen LogP contribution in [0, 0.1) is 0 Å². The van der Waals surface area contributed by atoms with Gasteiger partial charge in [0.25, 0.3) is 0 Å². The summed E-state index contributed by atoms with van der Waals surface area (Å²) in [6.45, 7) is 2.64. The van der Waals surface area contributed by atoms with Crippen molar-refractivity contribution in [3.8, 4) is 0 Å². The summed E-state index contributed by atoms with van der Waals surface area (Å²) in [5.74, 6) is 0. The van der Waals surface area contributed by atoms with Gasteiger partial charge in [-0.15, -0.1) is 0 Å². The van der Waals surface area contributed by atoms with Crippen molar-refractivity contribution in [2.75, 3.05) is 18.8 Å². The zero-order chi connectivity index (χ0) is 13.9. The summed E-state index contributed by atoms with van der Waals surface area (Å²) in [4.78, 5) is 2.27. The van der Waals surface area contributed by atoms with Gasteiger partial charge in [-0.3, -0.25) is 4.90 Å². The monoisotopic (exact) mass is 272 g/mol. The second kappa shape index (κ2) is 5.82. The molecule has 106 valence electrons. The summed E-state index contributed by atoms with van der Waals surface area (Å²) in [5.41, 5.74) is 6.09. The first-order chi connectivity index (χ1) is 8.97. The van der Waals surface area contributed by atoms with Gasteiger partial charge in [-0.2, -0.15) is 13.2 Å². The average molecular weight is 272 g/mol. The number of hydrogen-bond donors (Lipinski definition) is 1. The first-order valence-corrected chi connectivity index (χ1v) is 6.65. The number of nitrogens with zero attached hydrogens (tertiary/aromatic N) is 1. The van der Waals surface area contributed by atoms with E-state index in [0.717, 1.165) is 43.6 Å². The maximum Gasteiger partial charge on any atom is 0.416 e.